The molecule has 0 bridgehead atoms. The molecule has 3 atom stereocenters. The molecule has 0 fully saturated rings. The molecule has 0 saturated carbocycles. The third kappa shape index (κ3) is 4.59. The van der Waals surface area contributed by atoms with Crippen LogP contribution in [0.2, 0.25) is 0 Å². The average molecular weight is 240 g/mol. The zero-order chi connectivity index (χ0) is 13.4. The summed E-state index contributed by atoms with van der Waals surface area (Å²) in [5.74, 6) is -1.77. The molecular weight excluding hydrogens is 220 g/mol. The van der Waals surface area contributed by atoms with Crippen LogP contribution in [-0.4, -0.2) is 24.1 Å². The van der Waals surface area contributed by atoms with Gasteiger partial charge in [-0.2, -0.15) is 0 Å². The first kappa shape index (κ1) is 15.7. The van der Waals surface area contributed by atoms with Gasteiger partial charge in [-0.15, -0.1) is 0 Å². The first-order valence-corrected chi connectivity index (χ1v) is 5.95. The number of rotatable bonds is 9. The number of ketones is 2. The van der Waals surface area contributed by atoms with E-state index in [0.717, 1.165) is 6.29 Å². The molecule has 96 valence electrons. The molecule has 0 aromatic heterocycles. The summed E-state index contributed by atoms with van der Waals surface area (Å²) < 4.78 is 0. The second-order valence-corrected chi connectivity index (χ2v) is 4.36. The third-order valence-corrected chi connectivity index (χ3v) is 3.22. The Morgan fingerprint density at radius 3 is 2.18 bits per heavy atom. The first-order valence-electron chi connectivity index (χ1n) is 5.95. The van der Waals surface area contributed by atoms with Crippen molar-refractivity contribution in [3.8, 4) is 0 Å². The highest BCUT2D eigenvalue weighted by atomic mass is 16.2. The molecule has 3 unspecified atom stereocenters. The summed E-state index contributed by atoms with van der Waals surface area (Å²) in [5, 5.41) is 0. The van der Waals surface area contributed by atoms with Gasteiger partial charge in [-0.3, -0.25) is 9.59 Å². The molecule has 0 aliphatic rings. The van der Waals surface area contributed by atoms with E-state index >= 15 is 0 Å². The van der Waals surface area contributed by atoms with E-state index in [4.69, 9.17) is 0 Å². The SMILES string of the molecule is CCC(C(=O)C(=O)CCC=O)C(C)C(C)C=O. The standard InChI is InChI=1S/C13H20O4/c1-4-11(10(3)9(2)8-15)13(17)12(16)6-5-7-14/h7-11H,4-6H2,1-3H3. The van der Waals surface area contributed by atoms with Crippen LogP contribution in [0, 0.1) is 17.8 Å². The smallest absolute Gasteiger partial charge is 0.201 e. The number of carbonyl (C=O) groups excluding carboxylic acids is 4. The monoisotopic (exact) mass is 240 g/mol. The van der Waals surface area contributed by atoms with Crippen molar-refractivity contribution >= 4 is 24.1 Å². The van der Waals surface area contributed by atoms with Gasteiger partial charge in [0.05, 0.1) is 0 Å². The Morgan fingerprint density at radius 1 is 1.18 bits per heavy atom. The molecule has 0 aliphatic carbocycles. The van der Waals surface area contributed by atoms with Crippen LogP contribution in [0.25, 0.3) is 0 Å². The van der Waals surface area contributed by atoms with E-state index in [2.05, 4.69) is 0 Å². The molecule has 0 aromatic rings. The van der Waals surface area contributed by atoms with Crippen LogP contribution in [0.5, 0.6) is 0 Å². The Kier molecular flexibility index (Phi) is 7.26. The van der Waals surface area contributed by atoms with Crippen molar-refractivity contribution in [3.05, 3.63) is 0 Å². The quantitative estimate of drug-likeness (QED) is 0.453. The lowest BCUT2D eigenvalue weighted by atomic mass is 9.79. The second-order valence-electron chi connectivity index (χ2n) is 4.36. The third-order valence-electron chi connectivity index (χ3n) is 3.22. The van der Waals surface area contributed by atoms with Crippen molar-refractivity contribution in [1.82, 2.24) is 0 Å². The maximum atomic E-state index is 11.9. The lowest BCUT2D eigenvalue weighted by Gasteiger charge is -2.23. The van der Waals surface area contributed by atoms with Gasteiger partial charge >= 0.3 is 0 Å². The second kappa shape index (κ2) is 7.87. The lowest BCUT2D eigenvalue weighted by Crippen LogP contribution is -2.31. The molecule has 17 heavy (non-hydrogen) atoms. The van der Waals surface area contributed by atoms with E-state index in [-0.39, 0.29) is 24.7 Å². The van der Waals surface area contributed by atoms with Crippen molar-refractivity contribution in [3.63, 3.8) is 0 Å². The zero-order valence-corrected chi connectivity index (χ0v) is 10.6. The minimum absolute atomic E-state index is 0.0268. The summed E-state index contributed by atoms with van der Waals surface area (Å²) in [6.07, 6.45) is 2.02. The Labute approximate surface area is 102 Å². The fourth-order valence-electron chi connectivity index (χ4n) is 1.81. The molecule has 4 heteroatoms. The number of hydrogen-bond acceptors (Lipinski definition) is 4. The van der Waals surface area contributed by atoms with Crippen molar-refractivity contribution in [1.29, 1.82) is 0 Å². The number of Topliss-reactive ketones (excluding diaryl/α,β-unsaturated/α-hetero) is 2. The predicted molar refractivity (Wildman–Crippen MR) is 63.5 cm³/mol. The van der Waals surface area contributed by atoms with Crippen molar-refractivity contribution in [2.24, 2.45) is 17.8 Å². The lowest BCUT2D eigenvalue weighted by molar-refractivity contribution is -0.140. The van der Waals surface area contributed by atoms with E-state index in [1.807, 2.05) is 6.92 Å². The van der Waals surface area contributed by atoms with Gasteiger partial charge in [0.15, 0.2) is 5.78 Å². The van der Waals surface area contributed by atoms with E-state index in [0.29, 0.717) is 12.7 Å². The van der Waals surface area contributed by atoms with Crippen molar-refractivity contribution in [2.45, 2.75) is 40.0 Å². The van der Waals surface area contributed by atoms with Gasteiger partial charge in [0.1, 0.15) is 12.6 Å². The molecule has 0 N–H and O–H groups in total. The summed E-state index contributed by atoms with van der Waals surface area (Å²) in [5.41, 5.74) is 0. The number of carbonyl (C=O) groups is 4. The Balaban J connectivity index is 4.64. The van der Waals surface area contributed by atoms with E-state index in [1.54, 1.807) is 13.8 Å². The fraction of sp³-hybridized carbons (Fsp3) is 0.692. The normalized spacial score (nSPS) is 15.7. The van der Waals surface area contributed by atoms with Crippen LogP contribution in [0.4, 0.5) is 0 Å². The summed E-state index contributed by atoms with van der Waals surface area (Å²) in [6.45, 7) is 5.37. The highest BCUT2D eigenvalue weighted by molar-refractivity contribution is 6.38. The molecule has 0 spiro atoms. The summed E-state index contributed by atoms with van der Waals surface area (Å²) in [7, 11) is 0. The average Bonchev–Trinajstić information content (AvgIpc) is 2.35. The number of aldehydes is 2. The Bertz CT molecular complexity index is 296. The molecule has 0 aliphatic heterocycles. The molecule has 0 rings (SSSR count). The van der Waals surface area contributed by atoms with Crippen molar-refractivity contribution in [2.75, 3.05) is 0 Å². The molecular formula is C13H20O4. The van der Waals surface area contributed by atoms with Crippen LogP contribution < -0.4 is 0 Å². The maximum absolute atomic E-state index is 11.9. The maximum Gasteiger partial charge on any atom is 0.201 e. The highest BCUT2D eigenvalue weighted by Gasteiger charge is 2.30. The highest BCUT2D eigenvalue weighted by Crippen LogP contribution is 2.24. The number of hydrogen-bond donors (Lipinski definition) is 0. The van der Waals surface area contributed by atoms with Crippen LogP contribution in [-0.2, 0) is 19.2 Å². The van der Waals surface area contributed by atoms with Crippen LogP contribution in [0.3, 0.4) is 0 Å². The van der Waals surface area contributed by atoms with E-state index in [1.165, 1.54) is 0 Å². The van der Waals surface area contributed by atoms with Crippen molar-refractivity contribution < 1.29 is 19.2 Å². The summed E-state index contributed by atoms with van der Waals surface area (Å²) in [6, 6.07) is 0. The predicted octanol–water partition coefficient (Wildman–Crippen LogP) is 1.60. The first-order chi connectivity index (χ1) is 7.99. The zero-order valence-electron chi connectivity index (χ0n) is 10.6. The van der Waals surface area contributed by atoms with E-state index in [9.17, 15) is 19.2 Å². The summed E-state index contributed by atoms with van der Waals surface area (Å²) >= 11 is 0. The van der Waals surface area contributed by atoms with Crippen LogP contribution >= 0.6 is 0 Å². The van der Waals surface area contributed by atoms with Gasteiger partial charge in [-0.25, -0.2) is 0 Å². The van der Waals surface area contributed by atoms with Gasteiger partial charge in [-0.05, 0) is 12.3 Å². The molecule has 0 saturated heterocycles. The van der Waals surface area contributed by atoms with Gasteiger partial charge in [0.2, 0.25) is 5.78 Å². The van der Waals surface area contributed by atoms with E-state index < -0.39 is 17.5 Å². The molecule has 0 aromatic carbocycles. The molecule has 4 nitrogen and oxygen atoms in total. The Morgan fingerprint density at radius 2 is 1.76 bits per heavy atom. The van der Waals surface area contributed by atoms with Crippen LogP contribution in [0.1, 0.15) is 40.0 Å². The Hall–Kier alpha value is -1.32. The van der Waals surface area contributed by atoms with Gasteiger partial charge in [0, 0.05) is 24.7 Å². The molecule has 0 heterocycles. The van der Waals surface area contributed by atoms with Crippen LogP contribution in [0.15, 0.2) is 0 Å². The fourth-order valence-corrected chi connectivity index (χ4v) is 1.81. The summed E-state index contributed by atoms with van der Waals surface area (Å²) in [4.78, 5) is 44.2. The van der Waals surface area contributed by atoms with Gasteiger partial charge in [-0.1, -0.05) is 20.8 Å². The largest absolute Gasteiger partial charge is 0.303 e. The minimum Gasteiger partial charge on any atom is -0.303 e. The topological polar surface area (TPSA) is 68.3 Å². The minimum atomic E-state index is -0.506. The molecule has 0 amide bonds. The van der Waals surface area contributed by atoms with Gasteiger partial charge < -0.3 is 9.59 Å². The van der Waals surface area contributed by atoms with Gasteiger partial charge in [0.25, 0.3) is 0 Å². The molecule has 0 radical (unpaired) electrons.